The van der Waals surface area contributed by atoms with Crippen molar-refractivity contribution in [3.63, 3.8) is 0 Å². The SMILES string of the molecule is NNC(=NC1CCCCC1)N1CCCC1. The van der Waals surface area contributed by atoms with Gasteiger partial charge in [0, 0.05) is 13.1 Å². The van der Waals surface area contributed by atoms with Crippen LogP contribution in [-0.4, -0.2) is 30.0 Å². The second kappa shape index (κ2) is 5.35. The highest BCUT2D eigenvalue weighted by atomic mass is 15.4. The smallest absolute Gasteiger partial charge is 0.208 e. The molecule has 0 aromatic rings. The van der Waals surface area contributed by atoms with Gasteiger partial charge in [-0.3, -0.25) is 5.43 Å². The minimum Gasteiger partial charge on any atom is -0.342 e. The van der Waals surface area contributed by atoms with Gasteiger partial charge in [0.15, 0.2) is 0 Å². The number of likely N-dealkylation sites (tertiary alicyclic amines) is 1. The lowest BCUT2D eigenvalue weighted by atomic mass is 9.96. The molecule has 1 saturated heterocycles. The summed E-state index contributed by atoms with van der Waals surface area (Å²) in [5.41, 5.74) is 2.77. The van der Waals surface area contributed by atoms with Crippen LogP contribution in [0, 0.1) is 0 Å². The fourth-order valence-electron chi connectivity index (χ4n) is 2.52. The maximum atomic E-state index is 5.55. The molecule has 2 aliphatic rings. The Morgan fingerprint density at radius 3 is 2.33 bits per heavy atom. The van der Waals surface area contributed by atoms with E-state index in [4.69, 9.17) is 10.8 Å². The number of rotatable bonds is 1. The van der Waals surface area contributed by atoms with Crippen LogP contribution in [0.25, 0.3) is 0 Å². The fourth-order valence-corrected chi connectivity index (χ4v) is 2.52. The van der Waals surface area contributed by atoms with Crippen LogP contribution in [0.2, 0.25) is 0 Å². The van der Waals surface area contributed by atoms with Crippen LogP contribution in [-0.2, 0) is 0 Å². The molecular formula is C11H22N4. The lowest BCUT2D eigenvalue weighted by Crippen LogP contribution is -2.44. The van der Waals surface area contributed by atoms with Gasteiger partial charge in [-0.05, 0) is 25.7 Å². The van der Waals surface area contributed by atoms with Gasteiger partial charge in [0.1, 0.15) is 0 Å². The molecule has 1 aliphatic heterocycles. The van der Waals surface area contributed by atoms with Crippen LogP contribution in [0.15, 0.2) is 4.99 Å². The number of hydrogen-bond donors (Lipinski definition) is 2. The molecule has 1 aliphatic carbocycles. The molecule has 86 valence electrons. The molecule has 0 aromatic carbocycles. The summed E-state index contributed by atoms with van der Waals surface area (Å²) < 4.78 is 0. The van der Waals surface area contributed by atoms with Gasteiger partial charge >= 0.3 is 0 Å². The van der Waals surface area contributed by atoms with Crippen molar-refractivity contribution in [1.82, 2.24) is 10.3 Å². The molecule has 0 amide bonds. The van der Waals surface area contributed by atoms with E-state index in [9.17, 15) is 0 Å². The summed E-state index contributed by atoms with van der Waals surface area (Å²) in [7, 11) is 0. The molecule has 2 fully saturated rings. The molecule has 1 heterocycles. The molecule has 0 radical (unpaired) electrons. The molecule has 0 atom stereocenters. The molecule has 2 rings (SSSR count). The zero-order valence-corrected chi connectivity index (χ0v) is 9.41. The Morgan fingerprint density at radius 2 is 1.73 bits per heavy atom. The first kappa shape index (κ1) is 10.7. The Morgan fingerprint density at radius 1 is 1.07 bits per heavy atom. The van der Waals surface area contributed by atoms with Gasteiger partial charge in [-0.2, -0.15) is 0 Å². The second-order valence-electron chi connectivity index (χ2n) is 4.58. The van der Waals surface area contributed by atoms with E-state index in [1.165, 1.54) is 44.9 Å². The molecular weight excluding hydrogens is 188 g/mol. The summed E-state index contributed by atoms with van der Waals surface area (Å²) in [6.07, 6.45) is 9.04. The van der Waals surface area contributed by atoms with E-state index in [2.05, 4.69) is 10.3 Å². The highest BCUT2D eigenvalue weighted by molar-refractivity contribution is 5.79. The maximum absolute atomic E-state index is 5.55. The van der Waals surface area contributed by atoms with Crippen molar-refractivity contribution in [2.24, 2.45) is 10.8 Å². The minimum absolute atomic E-state index is 0.505. The highest BCUT2D eigenvalue weighted by Gasteiger charge is 2.18. The predicted octanol–water partition coefficient (Wildman–Crippen LogP) is 1.23. The van der Waals surface area contributed by atoms with Crippen LogP contribution in [0.3, 0.4) is 0 Å². The normalized spacial score (nSPS) is 24.6. The van der Waals surface area contributed by atoms with E-state index < -0.39 is 0 Å². The van der Waals surface area contributed by atoms with Gasteiger partial charge in [-0.15, -0.1) is 0 Å². The van der Waals surface area contributed by atoms with Gasteiger partial charge in [-0.1, -0.05) is 19.3 Å². The Balaban J connectivity index is 1.93. The number of nitrogens with two attached hydrogens (primary N) is 1. The Bertz CT molecular complexity index is 215. The molecule has 0 aromatic heterocycles. The third kappa shape index (κ3) is 2.84. The van der Waals surface area contributed by atoms with Crippen molar-refractivity contribution < 1.29 is 0 Å². The van der Waals surface area contributed by atoms with Crippen molar-refractivity contribution in [1.29, 1.82) is 0 Å². The van der Waals surface area contributed by atoms with Crippen LogP contribution < -0.4 is 11.3 Å². The zero-order valence-electron chi connectivity index (χ0n) is 9.41. The van der Waals surface area contributed by atoms with E-state index in [1.54, 1.807) is 0 Å². The van der Waals surface area contributed by atoms with Gasteiger partial charge in [-0.25, -0.2) is 10.8 Å². The summed E-state index contributed by atoms with van der Waals surface area (Å²) in [5.74, 6) is 6.46. The average molecular weight is 210 g/mol. The van der Waals surface area contributed by atoms with E-state index in [0.717, 1.165) is 19.0 Å². The molecule has 3 N–H and O–H groups in total. The Hall–Kier alpha value is -0.770. The average Bonchev–Trinajstić information content (AvgIpc) is 2.81. The number of hydrogen-bond acceptors (Lipinski definition) is 2. The summed E-state index contributed by atoms with van der Waals surface area (Å²) in [5, 5.41) is 0. The Kier molecular flexibility index (Phi) is 3.83. The Labute approximate surface area is 91.9 Å². The van der Waals surface area contributed by atoms with E-state index in [-0.39, 0.29) is 0 Å². The van der Waals surface area contributed by atoms with Crippen molar-refractivity contribution in [2.75, 3.05) is 13.1 Å². The predicted molar refractivity (Wildman–Crippen MR) is 62.4 cm³/mol. The maximum Gasteiger partial charge on any atom is 0.208 e. The molecule has 1 saturated carbocycles. The first-order valence-electron chi connectivity index (χ1n) is 6.19. The number of aliphatic imine (C=N–C) groups is 1. The van der Waals surface area contributed by atoms with Gasteiger partial charge in [0.2, 0.25) is 5.96 Å². The highest BCUT2D eigenvalue weighted by Crippen LogP contribution is 2.20. The zero-order chi connectivity index (χ0) is 10.5. The third-order valence-electron chi connectivity index (χ3n) is 3.41. The summed E-state index contributed by atoms with van der Waals surface area (Å²) in [4.78, 5) is 7.01. The van der Waals surface area contributed by atoms with E-state index in [1.807, 2.05) is 0 Å². The molecule has 4 nitrogen and oxygen atoms in total. The van der Waals surface area contributed by atoms with Gasteiger partial charge < -0.3 is 4.90 Å². The van der Waals surface area contributed by atoms with E-state index in [0.29, 0.717) is 6.04 Å². The van der Waals surface area contributed by atoms with Crippen LogP contribution in [0.5, 0.6) is 0 Å². The largest absolute Gasteiger partial charge is 0.342 e. The molecule has 4 heteroatoms. The third-order valence-corrected chi connectivity index (χ3v) is 3.41. The minimum atomic E-state index is 0.505. The standard InChI is InChI=1S/C11H22N4/c12-14-11(15-8-4-5-9-15)13-10-6-2-1-3-7-10/h10H,1-9,12H2,(H,13,14). The topological polar surface area (TPSA) is 53.6 Å². The number of hydrazine groups is 1. The lowest BCUT2D eigenvalue weighted by molar-refractivity contribution is 0.426. The first-order valence-corrected chi connectivity index (χ1v) is 6.19. The summed E-state index contributed by atoms with van der Waals surface area (Å²) in [6, 6.07) is 0.505. The second-order valence-corrected chi connectivity index (χ2v) is 4.58. The molecule has 15 heavy (non-hydrogen) atoms. The quantitative estimate of drug-likeness (QED) is 0.296. The van der Waals surface area contributed by atoms with Crippen molar-refractivity contribution in [2.45, 2.75) is 51.0 Å². The van der Waals surface area contributed by atoms with E-state index >= 15 is 0 Å². The van der Waals surface area contributed by atoms with Crippen LogP contribution >= 0.6 is 0 Å². The van der Waals surface area contributed by atoms with Crippen molar-refractivity contribution >= 4 is 5.96 Å². The van der Waals surface area contributed by atoms with Crippen molar-refractivity contribution in [3.8, 4) is 0 Å². The summed E-state index contributed by atoms with van der Waals surface area (Å²) in [6.45, 7) is 2.21. The first-order chi connectivity index (χ1) is 7.40. The number of nitrogens with one attached hydrogen (secondary N) is 1. The fraction of sp³-hybridized carbons (Fsp3) is 0.909. The van der Waals surface area contributed by atoms with Gasteiger partial charge in [0.05, 0.1) is 6.04 Å². The van der Waals surface area contributed by atoms with Crippen LogP contribution in [0.1, 0.15) is 44.9 Å². The molecule has 0 unspecified atom stereocenters. The lowest BCUT2D eigenvalue weighted by Gasteiger charge is -2.23. The van der Waals surface area contributed by atoms with Crippen LogP contribution in [0.4, 0.5) is 0 Å². The monoisotopic (exact) mass is 210 g/mol. The number of nitrogens with zero attached hydrogens (tertiary/aromatic N) is 2. The summed E-state index contributed by atoms with van der Waals surface area (Å²) >= 11 is 0. The molecule has 0 spiro atoms. The van der Waals surface area contributed by atoms with Crippen molar-refractivity contribution in [3.05, 3.63) is 0 Å². The molecule has 0 bridgehead atoms. The van der Waals surface area contributed by atoms with Gasteiger partial charge in [0.25, 0.3) is 0 Å². The number of guanidine groups is 1.